The van der Waals surface area contributed by atoms with Crippen molar-refractivity contribution in [2.24, 2.45) is 10.7 Å². The lowest BCUT2D eigenvalue weighted by Gasteiger charge is -2.33. The second kappa shape index (κ2) is 8.99. The van der Waals surface area contributed by atoms with Gasteiger partial charge in [0.25, 0.3) is 0 Å². The molecule has 1 heterocycles. The lowest BCUT2D eigenvalue weighted by molar-refractivity contribution is 0.160. The summed E-state index contributed by atoms with van der Waals surface area (Å²) in [5.41, 5.74) is 6.73. The van der Waals surface area contributed by atoms with E-state index in [1.807, 2.05) is 6.07 Å². The van der Waals surface area contributed by atoms with Gasteiger partial charge < -0.3 is 20.7 Å². The van der Waals surface area contributed by atoms with Crippen molar-refractivity contribution in [3.8, 4) is 5.75 Å². The van der Waals surface area contributed by atoms with Crippen molar-refractivity contribution in [2.45, 2.75) is 38.6 Å². The molecule has 0 aliphatic carbocycles. The number of nitrogens with two attached hydrogens (primary N) is 1. The summed E-state index contributed by atoms with van der Waals surface area (Å²) in [7, 11) is 1.59. The molecule has 0 bridgehead atoms. The topological polar surface area (TPSA) is 62.9 Å². The zero-order chi connectivity index (χ0) is 16.7. The van der Waals surface area contributed by atoms with Crippen LogP contribution in [0.5, 0.6) is 5.75 Å². The highest BCUT2D eigenvalue weighted by Crippen LogP contribution is 2.27. The first-order chi connectivity index (χ1) is 11.1. The van der Waals surface area contributed by atoms with E-state index in [1.165, 1.54) is 25.8 Å². The molecule has 0 amide bonds. The van der Waals surface area contributed by atoms with Crippen molar-refractivity contribution in [3.63, 3.8) is 0 Å². The van der Waals surface area contributed by atoms with Crippen LogP contribution in [0.15, 0.2) is 23.2 Å². The molecule has 3 N–H and O–H groups in total. The summed E-state index contributed by atoms with van der Waals surface area (Å²) < 4.78 is 5.12. The molecule has 1 aromatic rings. The molecular formula is C17H27ClN4O. The summed E-state index contributed by atoms with van der Waals surface area (Å²) in [6.45, 7) is 5.34. The third-order valence-electron chi connectivity index (χ3n) is 4.25. The van der Waals surface area contributed by atoms with E-state index in [4.69, 9.17) is 22.1 Å². The average molecular weight is 339 g/mol. The fourth-order valence-electron chi connectivity index (χ4n) is 2.89. The van der Waals surface area contributed by atoms with Gasteiger partial charge >= 0.3 is 0 Å². The molecule has 6 heteroatoms. The first-order valence-corrected chi connectivity index (χ1v) is 8.62. The van der Waals surface area contributed by atoms with Gasteiger partial charge in [-0.2, -0.15) is 0 Å². The number of aliphatic imine (C=N–C) groups is 1. The number of guanidine groups is 1. The molecule has 0 spiro atoms. The van der Waals surface area contributed by atoms with Gasteiger partial charge in [-0.15, -0.1) is 0 Å². The fraction of sp³-hybridized carbons (Fsp3) is 0.588. The van der Waals surface area contributed by atoms with Gasteiger partial charge in [-0.05, 0) is 50.9 Å². The molecule has 23 heavy (non-hydrogen) atoms. The maximum atomic E-state index is 6.09. The number of hydrogen-bond acceptors (Lipinski definition) is 3. The van der Waals surface area contributed by atoms with E-state index in [0.717, 1.165) is 25.2 Å². The third kappa shape index (κ3) is 5.59. The maximum Gasteiger partial charge on any atom is 0.193 e. The number of benzene rings is 1. The van der Waals surface area contributed by atoms with Crippen molar-refractivity contribution in [1.29, 1.82) is 0 Å². The van der Waals surface area contributed by atoms with E-state index < -0.39 is 0 Å². The van der Waals surface area contributed by atoms with Gasteiger partial charge in [-0.25, -0.2) is 0 Å². The van der Waals surface area contributed by atoms with Crippen molar-refractivity contribution in [3.05, 3.63) is 23.2 Å². The molecule has 1 unspecified atom stereocenters. The van der Waals surface area contributed by atoms with Gasteiger partial charge in [0.1, 0.15) is 5.75 Å². The van der Waals surface area contributed by atoms with Crippen LogP contribution in [-0.2, 0) is 0 Å². The van der Waals surface area contributed by atoms with Crippen LogP contribution in [0.4, 0.5) is 5.69 Å². The standard InChI is InChI=1S/C17H27ClN4O/c1-13-6-3-4-10-22(13)11-5-9-20-17(19)21-14-7-8-16(23-2)15(18)12-14/h7-8,12-13H,3-6,9-11H2,1-2H3,(H3,19,20,21). The van der Waals surface area contributed by atoms with Crippen LogP contribution < -0.4 is 15.8 Å². The molecule has 1 saturated heterocycles. The van der Waals surface area contributed by atoms with E-state index in [2.05, 4.69) is 22.1 Å². The van der Waals surface area contributed by atoms with Crippen LogP contribution in [0, 0.1) is 0 Å². The van der Waals surface area contributed by atoms with Crippen molar-refractivity contribution in [1.82, 2.24) is 4.90 Å². The Balaban J connectivity index is 1.75. The van der Waals surface area contributed by atoms with E-state index in [9.17, 15) is 0 Å². The lowest BCUT2D eigenvalue weighted by atomic mass is 10.0. The SMILES string of the molecule is COc1ccc(NC(N)=NCCCN2CCCCC2C)cc1Cl. The van der Waals surface area contributed by atoms with Gasteiger partial charge in [0.15, 0.2) is 5.96 Å². The Labute approximate surface area is 143 Å². The van der Waals surface area contributed by atoms with Crippen LogP contribution in [0.2, 0.25) is 5.02 Å². The molecular weight excluding hydrogens is 312 g/mol. The van der Waals surface area contributed by atoms with E-state index in [1.54, 1.807) is 19.2 Å². The largest absolute Gasteiger partial charge is 0.495 e. The van der Waals surface area contributed by atoms with Crippen LogP contribution in [0.25, 0.3) is 0 Å². The molecule has 1 aliphatic rings. The highest BCUT2D eigenvalue weighted by Gasteiger charge is 2.16. The average Bonchev–Trinajstić information content (AvgIpc) is 2.53. The number of rotatable bonds is 6. The minimum atomic E-state index is 0.415. The van der Waals surface area contributed by atoms with Gasteiger partial charge in [0.2, 0.25) is 0 Å². The summed E-state index contributed by atoms with van der Waals surface area (Å²) in [5, 5.41) is 3.60. The summed E-state index contributed by atoms with van der Waals surface area (Å²) >= 11 is 6.09. The monoisotopic (exact) mass is 338 g/mol. The number of halogens is 1. The zero-order valence-electron chi connectivity index (χ0n) is 14.0. The predicted octanol–water partition coefficient (Wildman–Crippen LogP) is 3.34. The number of hydrogen-bond donors (Lipinski definition) is 2. The summed E-state index contributed by atoms with van der Waals surface area (Å²) in [5.74, 6) is 1.06. The van der Waals surface area contributed by atoms with Crippen molar-refractivity contribution < 1.29 is 4.74 Å². The molecule has 1 atom stereocenters. The number of methoxy groups -OCH3 is 1. The van der Waals surface area contributed by atoms with Crippen molar-refractivity contribution in [2.75, 3.05) is 32.1 Å². The summed E-state index contributed by atoms with van der Waals surface area (Å²) in [4.78, 5) is 6.93. The van der Waals surface area contributed by atoms with Crippen LogP contribution in [0.3, 0.4) is 0 Å². The molecule has 2 rings (SSSR count). The summed E-state index contributed by atoms with van der Waals surface area (Å²) in [6.07, 6.45) is 5.01. The van der Waals surface area contributed by atoms with E-state index >= 15 is 0 Å². The lowest BCUT2D eigenvalue weighted by Crippen LogP contribution is -2.38. The number of ether oxygens (including phenoxy) is 1. The first kappa shape index (κ1) is 17.9. The van der Waals surface area contributed by atoms with E-state index in [0.29, 0.717) is 22.8 Å². The Hall–Kier alpha value is -1.46. The summed E-state index contributed by atoms with van der Waals surface area (Å²) in [6, 6.07) is 6.14. The minimum absolute atomic E-state index is 0.415. The Morgan fingerprint density at radius 2 is 2.30 bits per heavy atom. The molecule has 128 valence electrons. The Morgan fingerprint density at radius 1 is 1.48 bits per heavy atom. The molecule has 0 aromatic heterocycles. The zero-order valence-corrected chi connectivity index (χ0v) is 14.8. The molecule has 0 radical (unpaired) electrons. The first-order valence-electron chi connectivity index (χ1n) is 8.24. The quantitative estimate of drug-likeness (QED) is 0.474. The van der Waals surface area contributed by atoms with Crippen LogP contribution >= 0.6 is 11.6 Å². The van der Waals surface area contributed by atoms with Crippen molar-refractivity contribution >= 4 is 23.2 Å². The normalized spacial score (nSPS) is 19.6. The van der Waals surface area contributed by atoms with E-state index in [-0.39, 0.29) is 0 Å². The van der Waals surface area contributed by atoms with Gasteiger partial charge in [-0.1, -0.05) is 18.0 Å². The number of nitrogens with zero attached hydrogens (tertiary/aromatic N) is 2. The highest BCUT2D eigenvalue weighted by atomic mass is 35.5. The number of piperidine rings is 1. The van der Waals surface area contributed by atoms with Crippen LogP contribution in [-0.4, -0.2) is 43.6 Å². The minimum Gasteiger partial charge on any atom is -0.495 e. The molecule has 0 saturated carbocycles. The highest BCUT2D eigenvalue weighted by molar-refractivity contribution is 6.32. The number of anilines is 1. The smallest absolute Gasteiger partial charge is 0.193 e. The maximum absolute atomic E-state index is 6.09. The predicted molar refractivity (Wildman–Crippen MR) is 97.6 cm³/mol. The third-order valence-corrected chi connectivity index (χ3v) is 4.55. The van der Waals surface area contributed by atoms with Gasteiger partial charge in [0, 0.05) is 24.8 Å². The Morgan fingerprint density at radius 3 is 3.00 bits per heavy atom. The number of nitrogens with one attached hydrogen (secondary N) is 1. The Bertz CT molecular complexity index is 535. The van der Waals surface area contributed by atoms with Gasteiger partial charge in [-0.3, -0.25) is 4.99 Å². The number of likely N-dealkylation sites (tertiary alicyclic amines) is 1. The molecule has 5 nitrogen and oxygen atoms in total. The fourth-order valence-corrected chi connectivity index (χ4v) is 3.15. The molecule has 1 fully saturated rings. The Kier molecular flexibility index (Phi) is 6.99. The van der Waals surface area contributed by atoms with Crippen LogP contribution in [0.1, 0.15) is 32.6 Å². The molecule has 1 aromatic carbocycles. The van der Waals surface area contributed by atoms with Gasteiger partial charge in [0.05, 0.1) is 12.1 Å². The second-order valence-corrected chi connectivity index (χ2v) is 6.38. The molecule has 1 aliphatic heterocycles. The second-order valence-electron chi connectivity index (χ2n) is 5.98.